The van der Waals surface area contributed by atoms with Crippen molar-refractivity contribution in [2.24, 2.45) is 34.5 Å². The van der Waals surface area contributed by atoms with Crippen molar-refractivity contribution in [1.29, 1.82) is 0 Å². The number of allylic oxidation sites excluding steroid dienone is 5. The van der Waals surface area contributed by atoms with Crippen molar-refractivity contribution in [2.75, 3.05) is 0 Å². The quantitative estimate of drug-likeness (QED) is 0.532. The maximum atomic E-state index is 10.1. The summed E-state index contributed by atoms with van der Waals surface area (Å²) < 4.78 is 0. The molecule has 0 saturated heterocycles. The van der Waals surface area contributed by atoms with Crippen LogP contribution in [-0.4, -0.2) is 11.2 Å². The molecule has 1 N–H and O–H groups in total. The van der Waals surface area contributed by atoms with Crippen LogP contribution in [0.2, 0.25) is 0 Å². The number of fused-ring (bicyclic) bond motifs is 4. The summed E-state index contributed by atoms with van der Waals surface area (Å²) in [7, 11) is 0. The molecule has 0 amide bonds. The van der Waals surface area contributed by atoms with Crippen LogP contribution in [0.1, 0.15) is 92.4 Å². The van der Waals surface area contributed by atoms with Crippen LogP contribution in [0.4, 0.5) is 0 Å². The fourth-order valence-corrected chi connectivity index (χ4v) is 7.46. The minimum absolute atomic E-state index is 0.238. The van der Waals surface area contributed by atoms with Gasteiger partial charge in [-0.15, -0.1) is 0 Å². The van der Waals surface area contributed by atoms with Crippen molar-refractivity contribution in [3.63, 3.8) is 0 Å². The number of rotatable bonds is 5. The van der Waals surface area contributed by atoms with Crippen LogP contribution >= 0.6 is 0 Å². The van der Waals surface area contributed by atoms with Crippen LogP contribution in [-0.2, 0) is 0 Å². The lowest BCUT2D eigenvalue weighted by molar-refractivity contribution is 0.107. The van der Waals surface area contributed by atoms with E-state index >= 15 is 0 Å². The first-order chi connectivity index (χ1) is 13.3. The minimum Gasteiger partial charge on any atom is -0.389 e. The largest absolute Gasteiger partial charge is 0.389 e. The predicted molar refractivity (Wildman–Crippen MR) is 119 cm³/mol. The van der Waals surface area contributed by atoms with E-state index in [4.69, 9.17) is 0 Å². The lowest BCUT2D eigenvalue weighted by Crippen LogP contribution is -2.42. The molecule has 0 spiro atoms. The second-order valence-electron chi connectivity index (χ2n) is 11.4. The Morgan fingerprint density at radius 2 is 1.75 bits per heavy atom. The standard InChI is InChI=1S/C27H42O/c1-18(2)7-6-8-19(3)23-11-12-24-22-10-9-20-17-21(28)13-15-26(20,4)25(22)14-16-27(23,24)5/h9-10,17-19,21,23,25,28H,6-8,11-16H2,1-5H3/t19?,21-,23+,25-,26-,27+/m0/s1. The summed E-state index contributed by atoms with van der Waals surface area (Å²) in [6.07, 6.45) is 18.4. The maximum Gasteiger partial charge on any atom is 0.0727 e. The lowest BCUT2D eigenvalue weighted by atomic mass is 9.53. The van der Waals surface area contributed by atoms with Crippen LogP contribution < -0.4 is 0 Å². The summed E-state index contributed by atoms with van der Waals surface area (Å²) in [6, 6.07) is 0. The molecule has 1 saturated carbocycles. The topological polar surface area (TPSA) is 20.2 Å². The van der Waals surface area contributed by atoms with Gasteiger partial charge in [-0.1, -0.05) is 77.7 Å². The molecule has 0 radical (unpaired) electrons. The first kappa shape index (κ1) is 20.5. The first-order valence-electron chi connectivity index (χ1n) is 12.1. The van der Waals surface area contributed by atoms with Gasteiger partial charge in [-0.2, -0.15) is 0 Å². The fraction of sp³-hybridized carbons (Fsp3) is 0.778. The molecule has 0 aromatic carbocycles. The lowest BCUT2D eigenvalue weighted by Gasteiger charge is -2.51. The molecule has 1 unspecified atom stereocenters. The second-order valence-corrected chi connectivity index (χ2v) is 11.4. The summed E-state index contributed by atoms with van der Waals surface area (Å²) in [5.74, 6) is 3.23. The molecule has 4 rings (SSSR count). The van der Waals surface area contributed by atoms with Crippen molar-refractivity contribution in [1.82, 2.24) is 0 Å². The molecule has 28 heavy (non-hydrogen) atoms. The summed E-state index contributed by atoms with van der Waals surface area (Å²) in [5, 5.41) is 10.1. The molecule has 4 aliphatic carbocycles. The van der Waals surface area contributed by atoms with Gasteiger partial charge in [0.1, 0.15) is 0 Å². The second kappa shape index (κ2) is 7.46. The van der Waals surface area contributed by atoms with Crippen LogP contribution in [0.25, 0.3) is 0 Å². The Balaban J connectivity index is 1.60. The van der Waals surface area contributed by atoms with Gasteiger partial charge < -0.3 is 5.11 Å². The maximum absolute atomic E-state index is 10.1. The van der Waals surface area contributed by atoms with Gasteiger partial charge in [-0.05, 0) is 84.2 Å². The van der Waals surface area contributed by atoms with E-state index in [1.165, 1.54) is 50.5 Å². The normalized spacial score (nSPS) is 40.8. The average Bonchev–Trinajstić information content (AvgIpc) is 2.99. The van der Waals surface area contributed by atoms with E-state index in [2.05, 4.69) is 52.8 Å². The minimum atomic E-state index is -0.238. The first-order valence-corrected chi connectivity index (χ1v) is 12.1. The Kier molecular flexibility index (Phi) is 5.45. The van der Waals surface area contributed by atoms with E-state index in [9.17, 15) is 5.11 Å². The summed E-state index contributed by atoms with van der Waals surface area (Å²) in [5.41, 5.74) is 5.59. The third-order valence-electron chi connectivity index (χ3n) is 9.22. The van der Waals surface area contributed by atoms with Crippen molar-refractivity contribution in [3.05, 3.63) is 34.9 Å². The molecule has 4 aliphatic rings. The third-order valence-corrected chi connectivity index (χ3v) is 9.22. The van der Waals surface area contributed by atoms with Gasteiger partial charge in [0.25, 0.3) is 0 Å². The number of aliphatic hydroxyl groups is 1. The molecule has 1 heteroatoms. The Bertz CT molecular complexity index is 695. The van der Waals surface area contributed by atoms with Crippen molar-refractivity contribution < 1.29 is 5.11 Å². The zero-order valence-electron chi connectivity index (χ0n) is 18.9. The van der Waals surface area contributed by atoms with Gasteiger partial charge in [-0.25, -0.2) is 0 Å². The number of hydrogen-bond donors (Lipinski definition) is 1. The molecule has 0 heterocycles. The van der Waals surface area contributed by atoms with E-state index in [1.54, 1.807) is 5.57 Å². The molecular weight excluding hydrogens is 340 g/mol. The number of aliphatic hydroxyl groups excluding tert-OH is 1. The van der Waals surface area contributed by atoms with Crippen LogP contribution in [0.15, 0.2) is 34.9 Å². The Morgan fingerprint density at radius 3 is 2.50 bits per heavy atom. The van der Waals surface area contributed by atoms with E-state index in [0.717, 1.165) is 30.6 Å². The molecule has 0 bridgehead atoms. The Hall–Kier alpha value is -0.820. The van der Waals surface area contributed by atoms with Gasteiger partial charge in [0.2, 0.25) is 0 Å². The highest BCUT2D eigenvalue weighted by atomic mass is 16.3. The SMILES string of the molecule is CC(C)CCCC(C)[C@H]1CCC2=C3C=CC4=C[C@@H](O)CC[C@]4(C)[C@H]3CC[C@@]21C. The fourth-order valence-electron chi connectivity index (χ4n) is 7.46. The molecule has 0 aliphatic heterocycles. The molecule has 1 fully saturated rings. The van der Waals surface area contributed by atoms with Gasteiger partial charge in [0.15, 0.2) is 0 Å². The van der Waals surface area contributed by atoms with E-state index in [-0.39, 0.29) is 11.5 Å². The van der Waals surface area contributed by atoms with Gasteiger partial charge in [-0.3, -0.25) is 0 Å². The van der Waals surface area contributed by atoms with Gasteiger partial charge in [0.05, 0.1) is 6.10 Å². The van der Waals surface area contributed by atoms with E-state index in [0.29, 0.717) is 11.3 Å². The molecule has 1 nitrogen and oxygen atoms in total. The average molecular weight is 383 g/mol. The Labute approximate surface area is 173 Å². The van der Waals surface area contributed by atoms with Gasteiger partial charge >= 0.3 is 0 Å². The highest BCUT2D eigenvalue weighted by Crippen LogP contribution is 2.63. The molecular formula is C27H42O. The molecule has 0 aromatic rings. The zero-order valence-corrected chi connectivity index (χ0v) is 18.9. The van der Waals surface area contributed by atoms with Gasteiger partial charge in [0, 0.05) is 0 Å². The van der Waals surface area contributed by atoms with Crippen molar-refractivity contribution >= 4 is 0 Å². The molecule has 6 atom stereocenters. The monoisotopic (exact) mass is 382 g/mol. The molecule has 156 valence electrons. The highest BCUT2D eigenvalue weighted by molar-refractivity contribution is 5.49. The van der Waals surface area contributed by atoms with Crippen LogP contribution in [0, 0.1) is 34.5 Å². The Morgan fingerprint density at radius 1 is 1.00 bits per heavy atom. The third kappa shape index (κ3) is 3.26. The zero-order chi connectivity index (χ0) is 20.1. The van der Waals surface area contributed by atoms with Crippen LogP contribution in [0.5, 0.6) is 0 Å². The van der Waals surface area contributed by atoms with E-state index < -0.39 is 0 Å². The van der Waals surface area contributed by atoms with Crippen LogP contribution in [0.3, 0.4) is 0 Å². The highest BCUT2D eigenvalue weighted by Gasteiger charge is 2.53. The van der Waals surface area contributed by atoms with Crippen molar-refractivity contribution in [3.8, 4) is 0 Å². The number of hydrogen-bond acceptors (Lipinski definition) is 1. The van der Waals surface area contributed by atoms with E-state index in [1.807, 2.05) is 5.57 Å². The summed E-state index contributed by atoms with van der Waals surface area (Å²) in [6.45, 7) is 12.3. The summed E-state index contributed by atoms with van der Waals surface area (Å²) in [4.78, 5) is 0. The smallest absolute Gasteiger partial charge is 0.0727 e. The molecule has 0 aromatic heterocycles. The van der Waals surface area contributed by atoms with Crippen molar-refractivity contribution in [2.45, 2.75) is 98.5 Å². The summed E-state index contributed by atoms with van der Waals surface area (Å²) >= 11 is 0. The predicted octanol–water partition coefficient (Wildman–Crippen LogP) is 7.23.